The molecule has 1 aromatic rings. The van der Waals surface area contributed by atoms with Gasteiger partial charge in [0, 0.05) is 25.2 Å². The lowest BCUT2D eigenvalue weighted by molar-refractivity contribution is 0.122. The van der Waals surface area contributed by atoms with Crippen LogP contribution in [0.15, 0.2) is 0 Å². The first kappa shape index (κ1) is 11.7. The number of nitrogens with zero attached hydrogens (tertiary/aromatic N) is 3. The fraction of sp³-hybridized carbons (Fsp3) is 0.667. The van der Waals surface area contributed by atoms with E-state index in [4.69, 9.17) is 9.47 Å². The number of hydrogen-bond acceptors (Lipinski definition) is 6. The molecule has 0 saturated carbocycles. The third-order valence-corrected chi connectivity index (χ3v) is 3.39. The van der Waals surface area contributed by atoms with Crippen LogP contribution < -0.4 is 15.0 Å². The van der Waals surface area contributed by atoms with E-state index in [0.29, 0.717) is 6.01 Å². The van der Waals surface area contributed by atoms with Crippen LogP contribution in [0.3, 0.4) is 0 Å². The molecule has 0 bridgehead atoms. The van der Waals surface area contributed by atoms with Crippen LogP contribution in [0, 0.1) is 0 Å². The van der Waals surface area contributed by atoms with Gasteiger partial charge < -0.3 is 19.7 Å². The van der Waals surface area contributed by atoms with Crippen molar-refractivity contribution < 1.29 is 9.47 Å². The molecule has 3 rings (SSSR count). The van der Waals surface area contributed by atoms with E-state index < -0.39 is 0 Å². The van der Waals surface area contributed by atoms with Crippen molar-refractivity contribution in [3.05, 3.63) is 11.3 Å². The number of fused-ring (bicyclic) bond motifs is 1. The molecule has 0 spiro atoms. The Kier molecular flexibility index (Phi) is 3.29. The Morgan fingerprint density at radius 2 is 2.11 bits per heavy atom. The van der Waals surface area contributed by atoms with Gasteiger partial charge >= 0.3 is 6.01 Å². The molecule has 1 N–H and O–H groups in total. The van der Waals surface area contributed by atoms with Crippen molar-refractivity contribution in [3.63, 3.8) is 0 Å². The smallest absolute Gasteiger partial charge is 0.318 e. The maximum atomic E-state index is 5.39. The van der Waals surface area contributed by atoms with Gasteiger partial charge in [-0.1, -0.05) is 0 Å². The van der Waals surface area contributed by atoms with Gasteiger partial charge in [-0.25, -0.2) is 0 Å². The molecule has 0 radical (unpaired) electrons. The van der Waals surface area contributed by atoms with Gasteiger partial charge in [0.05, 0.1) is 26.0 Å². The molecule has 0 aliphatic carbocycles. The fourth-order valence-electron chi connectivity index (χ4n) is 2.45. The summed E-state index contributed by atoms with van der Waals surface area (Å²) in [6.45, 7) is 5.09. The average Bonchev–Trinajstić information content (AvgIpc) is 2.47. The molecule has 0 unspecified atom stereocenters. The summed E-state index contributed by atoms with van der Waals surface area (Å²) in [4.78, 5) is 11.2. The first-order valence-electron chi connectivity index (χ1n) is 6.35. The number of ether oxygens (including phenoxy) is 2. The highest BCUT2D eigenvalue weighted by Crippen LogP contribution is 2.26. The van der Waals surface area contributed by atoms with Crippen molar-refractivity contribution in [2.75, 3.05) is 44.9 Å². The molecule has 2 aliphatic rings. The molecule has 2 aliphatic heterocycles. The van der Waals surface area contributed by atoms with Crippen LogP contribution in [0.2, 0.25) is 0 Å². The van der Waals surface area contributed by atoms with E-state index in [1.807, 2.05) is 0 Å². The summed E-state index contributed by atoms with van der Waals surface area (Å²) >= 11 is 0. The molecular formula is C12H18N4O2. The van der Waals surface area contributed by atoms with Gasteiger partial charge in [0.2, 0.25) is 0 Å². The van der Waals surface area contributed by atoms with Crippen molar-refractivity contribution in [3.8, 4) is 6.01 Å². The molecule has 1 saturated heterocycles. The third kappa shape index (κ3) is 2.13. The Morgan fingerprint density at radius 3 is 2.89 bits per heavy atom. The van der Waals surface area contributed by atoms with Crippen LogP contribution in [0.25, 0.3) is 0 Å². The second-order valence-electron chi connectivity index (χ2n) is 4.49. The summed E-state index contributed by atoms with van der Waals surface area (Å²) in [7, 11) is 1.61. The number of nitrogens with one attached hydrogen (secondary N) is 1. The van der Waals surface area contributed by atoms with E-state index in [2.05, 4.69) is 20.2 Å². The molecule has 18 heavy (non-hydrogen) atoms. The molecular weight excluding hydrogens is 232 g/mol. The summed E-state index contributed by atoms with van der Waals surface area (Å²) in [5, 5.41) is 3.33. The topological polar surface area (TPSA) is 59.5 Å². The Hall–Kier alpha value is -1.40. The number of methoxy groups -OCH3 is 1. The quantitative estimate of drug-likeness (QED) is 0.795. The lowest BCUT2D eigenvalue weighted by Gasteiger charge is -2.31. The molecule has 3 heterocycles. The molecule has 1 fully saturated rings. The van der Waals surface area contributed by atoms with Crippen LogP contribution in [-0.2, 0) is 17.7 Å². The summed E-state index contributed by atoms with van der Waals surface area (Å²) < 4.78 is 10.6. The summed E-state index contributed by atoms with van der Waals surface area (Å²) in [5.74, 6) is 1.03. The van der Waals surface area contributed by atoms with Crippen molar-refractivity contribution in [1.29, 1.82) is 0 Å². The lowest BCUT2D eigenvalue weighted by Crippen LogP contribution is -2.38. The van der Waals surface area contributed by atoms with E-state index in [1.165, 1.54) is 5.56 Å². The molecule has 0 amide bonds. The van der Waals surface area contributed by atoms with Crippen molar-refractivity contribution in [2.24, 2.45) is 0 Å². The van der Waals surface area contributed by atoms with E-state index in [-0.39, 0.29) is 0 Å². The van der Waals surface area contributed by atoms with Gasteiger partial charge in [0.1, 0.15) is 5.82 Å². The van der Waals surface area contributed by atoms with Gasteiger partial charge in [0.15, 0.2) is 0 Å². The fourth-order valence-corrected chi connectivity index (χ4v) is 2.45. The maximum absolute atomic E-state index is 5.39. The SMILES string of the molecule is COc1nc2c(c(N3CCOCC3)n1)CCNC2. The van der Waals surface area contributed by atoms with Crippen LogP contribution >= 0.6 is 0 Å². The van der Waals surface area contributed by atoms with Crippen molar-refractivity contribution >= 4 is 5.82 Å². The van der Waals surface area contributed by atoms with E-state index in [1.54, 1.807) is 7.11 Å². The predicted molar refractivity (Wildman–Crippen MR) is 67.0 cm³/mol. The summed E-state index contributed by atoms with van der Waals surface area (Å²) in [6.07, 6.45) is 0.978. The minimum Gasteiger partial charge on any atom is -0.467 e. The zero-order valence-corrected chi connectivity index (χ0v) is 10.6. The molecule has 0 aromatic carbocycles. The number of hydrogen-bond donors (Lipinski definition) is 1. The first-order valence-corrected chi connectivity index (χ1v) is 6.35. The Labute approximate surface area is 106 Å². The normalized spacial score (nSPS) is 19.5. The predicted octanol–water partition coefficient (Wildman–Crippen LogP) is -0.0325. The molecule has 98 valence electrons. The van der Waals surface area contributed by atoms with Crippen LogP contribution in [0.1, 0.15) is 11.3 Å². The van der Waals surface area contributed by atoms with Crippen molar-refractivity contribution in [2.45, 2.75) is 13.0 Å². The highest BCUT2D eigenvalue weighted by atomic mass is 16.5. The Balaban J connectivity index is 1.99. The number of aromatic nitrogens is 2. The standard InChI is InChI=1S/C12H18N4O2/c1-17-12-14-10-8-13-3-2-9(10)11(15-12)16-4-6-18-7-5-16/h13H,2-8H2,1H3. The minimum absolute atomic E-state index is 0.457. The average molecular weight is 250 g/mol. The minimum atomic E-state index is 0.457. The third-order valence-electron chi connectivity index (χ3n) is 3.39. The van der Waals surface area contributed by atoms with E-state index in [0.717, 1.165) is 57.3 Å². The zero-order valence-electron chi connectivity index (χ0n) is 10.6. The zero-order chi connectivity index (χ0) is 12.4. The Bertz CT molecular complexity index is 432. The molecule has 0 atom stereocenters. The summed E-state index contributed by atoms with van der Waals surface area (Å²) in [5.41, 5.74) is 2.33. The monoisotopic (exact) mass is 250 g/mol. The summed E-state index contributed by atoms with van der Waals surface area (Å²) in [6, 6.07) is 0.457. The Morgan fingerprint density at radius 1 is 1.28 bits per heavy atom. The largest absolute Gasteiger partial charge is 0.467 e. The number of rotatable bonds is 2. The van der Waals surface area contributed by atoms with Crippen LogP contribution in [-0.4, -0.2) is 49.9 Å². The van der Waals surface area contributed by atoms with Gasteiger partial charge in [-0.15, -0.1) is 0 Å². The van der Waals surface area contributed by atoms with Crippen LogP contribution in [0.5, 0.6) is 6.01 Å². The highest BCUT2D eigenvalue weighted by molar-refractivity contribution is 5.51. The van der Waals surface area contributed by atoms with Gasteiger partial charge in [-0.3, -0.25) is 0 Å². The molecule has 6 nitrogen and oxygen atoms in total. The number of anilines is 1. The maximum Gasteiger partial charge on any atom is 0.318 e. The van der Waals surface area contributed by atoms with Gasteiger partial charge in [0.25, 0.3) is 0 Å². The van der Waals surface area contributed by atoms with Crippen molar-refractivity contribution in [1.82, 2.24) is 15.3 Å². The molecule has 1 aromatic heterocycles. The molecule has 6 heteroatoms. The second-order valence-corrected chi connectivity index (χ2v) is 4.49. The van der Waals surface area contributed by atoms with Gasteiger partial charge in [-0.05, 0) is 13.0 Å². The highest BCUT2D eigenvalue weighted by Gasteiger charge is 2.23. The van der Waals surface area contributed by atoms with E-state index >= 15 is 0 Å². The first-order chi connectivity index (χ1) is 8.88. The number of morpholine rings is 1. The van der Waals surface area contributed by atoms with Crippen LogP contribution in [0.4, 0.5) is 5.82 Å². The van der Waals surface area contributed by atoms with E-state index in [9.17, 15) is 0 Å². The van der Waals surface area contributed by atoms with Gasteiger partial charge in [-0.2, -0.15) is 9.97 Å². The lowest BCUT2D eigenvalue weighted by atomic mass is 10.1. The second kappa shape index (κ2) is 5.07.